The Bertz CT molecular complexity index is 650. The van der Waals surface area contributed by atoms with Gasteiger partial charge < -0.3 is 10.6 Å². The molecule has 0 fully saturated rings. The smallest absolute Gasteiger partial charge is 0.234 e. The summed E-state index contributed by atoms with van der Waals surface area (Å²) in [6.45, 7) is 0. The molecule has 2 rings (SSSR count). The maximum Gasteiger partial charge on any atom is 0.234 e. The molecule has 2 aromatic carbocycles. The summed E-state index contributed by atoms with van der Waals surface area (Å²) in [5, 5.41) is 6.35. The molecule has 0 saturated carbocycles. The van der Waals surface area contributed by atoms with Gasteiger partial charge in [-0.15, -0.1) is 11.8 Å². The Balaban J connectivity index is 1.74. The van der Waals surface area contributed by atoms with Gasteiger partial charge in [0.1, 0.15) is 0 Å². The average Bonchev–Trinajstić information content (AvgIpc) is 2.52. The molecule has 0 saturated heterocycles. The van der Waals surface area contributed by atoms with Crippen LogP contribution in [-0.4, -0.2) is 23.3 Å². The quantitative estimate of drug-likeness (QED) is 0.798. The van der Waals surface area contributed by atoms with E-state index in [4.69, 9.17) is 23.2 Å². The third-order valence-electron chi connectivity index (χ3n) is 2.76. The van der Waals surface area contributed by atoms with Crippen molar-refractivity contribution < 1.29 is 9.59 Å². The summed E-state index contributed by atoms with van der Waals surface area (Å²) in [5.41, 5.74) is 1.11. The molecule has 120 valence electrons. The molecule has 0 aliphatic carbocycles. The number of halogens is 2. The minimum absolute atomic E-state index is 0.154. The molecule has 0 atom stereocenters. The van der Waals surface area contributed by atoms with Crippen LogP contribution in [0, 0.1) is 0 Å². The predicted molar refractivity (Wildman–Crippen MR) is 97.5 cm³/mol. The first-order valence-corrected chi connectivity index (χ1v) is 8.64. The molecule has 0 aliphatic heterocycles. The van der Waals surface area contributed by atoms with Crippen molar-refractivity contribution in [2.75, 3.05) is 22.1 Å². The predicted octanol–water partition coefficient (Wildman–Crippen LogP) is 4.30. The molecular formula is C16H14Cl2N2O2S. The number of anilines is 2. The average molecular weight is 369 g/mol. The number of benzene rings is 2. The minimum atomic E-state index is -0.214. The van der Waals surface area contributed by atoms with Crippen LogP contribution in [0.2, 0.25) is 10.0 Å². The molecule has 0 aromatic heterocycles. The topological polar surface area (TPSA) is 58.2 Å². The number of hydrogen-bond acceptors (Lipinski definition) is 3. The zero-order chi connectivity index (χ0) is 16.7. The lowest BCUT2D eigenvalue weighted by Gasteiger charge is -2.08. The van der Waals surface area contributed by atoms with E-state index < -0.39 is 0 Å². The van der Waals surface area contributed by atoms with E-state index in [2.05, 4.69) is 10.6 Å². The number of carbonyl (C=O) groups excluding carboxylic acids is 2. The molecule has 0 aliphatic rings. The Morgan fingerprint density at radius 3 is 1.57 bits per heavy atom. The van der Waals surface area contributed by atoms with Crippen LogP contribution in [0.5, 0.6) is 0 Å². The Hall–Kier alpha value is -1.69. The van der Waals surface area contributed by atoms with Crippen LogP contribution in [0.3, 0.4) is 0 Å². The van der Waals surface area contributed by atoms with Gasteiger partial charge in [-0.1, -0.05) is 47.5 Å². The van der Waals surface area contributed by atoms with Crippen molar-refractivity contribution in [3.8, 4) is 0 Å². The monoisotopic (exact) mass is 368 g/mol. The van der Waals surface area contributed by atoms with Crippen molar-refractivity contribution in [3.63, 3.8) is 0 Å². The SMILES string of the molecule is O=C(CSCC(=O)Nc1ccccc1Cl)Nc1ccccc1Cl. The van der Waals surface area contributed by atoms with E-state index in [0.717, 1.165) is 0 Å². The van der Waals surface area contributed by atoms with Gasteiger partial charge in [-0.2, -0.15) is 0 Å². The fourth-order valence-corrected chi connectivity index (χ4v) is 2.72. The van der Waals surface area contributed by atoms with E-state index in [1.54, 1.807) is 48.5 Å². The van der Waals surface area contributed by atoms with Gasteiger partial charge in [0.15, 0.2) is 0 Å². The molecule has 0 heterocycles. The van der Waals surface area contributed by atoms with Crippen LogP contribution in [0.4, 0.5) is 11.4 Å². The van der Waals surface area contributed by atoms with Crippen LogP contribution in [-0.2, 0) is 9.59 Å². The highest BCUT2D eigenvalue weighted by molar-refractivity contribution is 8.00. The standard InChI is InChI=1S/C16H14Cl2N2O2S/c17-11-5-1-3-7-13(11)19-15(21)9-23-10-16(22)20-14-8-4-2-6-12(14)18/h1-8H,9-10H2,(H,19,21)(H,20,22). The first kappa shape index (κ1) is 17.7. The second-order valence-corrected chi connectivity index (χ2v) is 6.35. The van der Waals surface area contributed by atoms with Gasteiger partial charge in [-0.3, -0.25) is 9.59 Å². The Morgan fingerprint density at radius 1 is 0.783 bits per heavy atom. The molecule has 23 heavy (non-hydrogen) atoms. The number of carbonyl (C=O) groups is 2. The van der Waals surface area contributed by atoms with E-state index in [1.165, 1.54) is 11.8 Å². The van der Waals surface area contributed by atoms with Crippen molar-refractivity contribution in [2.45, 2.75) is 0 Å². The summed E-state index contributed by atoms with van der Waals surface area (Å²) in [6.07, 6.45) is 0. The number of thioether (sulfide) groups is 1. The van der Waals surface area contributed by atoms with Crippen molar-refractivity contribution >= 4 is 58.2 Å². The molecular weight excluding hydrogens is 355 g/mol. The van der Waals surface area contributed by atoms with Gasteiger partial charge >= 0.3 is 0 Å². The van der Waals surface area contributed by atoms with Crippen LogP contribution in [0.25, 0.3) is 0 Å². The van der Waals surface area contributed by atoms with E-state index >= 15 is 0 Å². The summed E-state index contributed by atoms with van der Waals surface area (Å²) < 4.78 is 0. The fraction of sp³-hybridized carbons (Fsp3) is 0.125. The molecule has 2 aromatic rings. The number of nitrogens with one attached hydrogen (secondary N) is 2. The lowest BCUT2D eigenvalue weighted by atomic mass is 10.3. The Labute approximate surface area is 148 Å². The normalized spacial score (nSPS) is 10.2. The second kappa shape index (κ2) is 8.82. The van der Waals surface area contributed by atoms with Crippen LogP contribution in [0.15, 0.2) is 48.5 Å². The fourth-order valence-electron chi connectivity index (χ4n) is 1.73. The van der Waals surface area contributed by atoms with Gasteiger partial charge in [0.25, 0.3) is 0 Å². The summed E-state index contributed by atoms with van der Waals surface area (Å²) in [7, 11) is 0. The van der Waals surface area contributed by atoms with Gasteiger partial charge in [0.05, 0.1) is 32.9 Å². The molecule has 4 nitrogen and oxygen atoms in total. The van der Waals surface area contributed by atoms with E-state index in [-0.39, 0.29) is 23.3 Å². The lowest BCUT2D eigenvalue weighted by Crippen LogP contribution is -2.18. The molecule has 2 amide bonds. The van der Waals surface area contributed by atoms with Crippen molar-refractivity contribution in [3.05, 3.63) is 58.6 Å². The third kappa shape index (κ3) is 5.78. The summed E-state index contributed by atoms with van der Waals surface area (Å²) in [5.74, 6) is -0.121. The van der Waals surface area contributed by atoms with Gasteiger partial charge in [-0.05, 0) is 24.3 Å². The van der Waals surface area contributed by atoms with Crippen LogP contribution >= 0.6 is 35.0 Å². The number of amides is 2. The van der Waals surface area contributed by atoms with Crippen molar-refractivity contribution in [1.82, 2.24) is 0 Å². The Morgan fingerprint density at radius 2 is 1.17 bits per heavy atom. The first-order chi connectivity index (χ1) is 11.1. The number of para-hydroxylation sites is 2. The minimum Gasteiger partial charge on any atom is -0.324 e. The number of rotatable bonds is 6. The zero-order valence-corrected chi connectivity index (χ0v) is 14.3. The highest BCUT2D eigenvalue weighted by atomic mass is 35.5. The van der Waals surface area contributed by atoms with Crippen molar-refractivity contribution in [2.24, 2.45) is 0 Å². The van der Waals surface area contributed by atoms with Crippen molar-refractivity contribution in [1.29, 1.82) is 0 Å². The molecule has 0 unspecified atom stereocenters. The first-order valence-electron chi connectivity index (χ1n) is 6.73. The molecule has 2 N–H and O–H groups in total. The third-order valence-corrected chi connectivity index (χ3v) is 4.35. The van der Waals surface area contributed by atoms with E-state index in [9.17, 15) is 9.59 Å². The zero-order valence-electron chi connectivity index (χ0n) is 12.0. The van der Waals surface area contributed by atoms with Crippen LogP contribution < -0.4 is 10.6 Å². The number of hydrogen-bond donors (Lipinski definition) is 2. The summed E-state index contributed by atoms with van der Waals surface area (Å²) >= 11 is 13.1. The molecule has 7 heteroatoms. The van der Waals surface area contributed by atoms with Gasteiger partial charge in [-0.25, -0.2) is 0 Å². The molecule has 0 spiro atoms. The van der Waals surface area contributed by atoms with E-state index in [0.29, 0.717) is 21.4 Å². The summed E-state index contributed by atoms with van der Waals surface area (Å²) in [4.78, 5) is 23.6. The van der Waals surface area contributed by atoms with Gasteiger partial charge in [0.2, 0.25) is 11.8 Å². The second-order valence-electron chi connectivity index (χ2n) is 4.55. The molecule has 0 bridgehead atoms. The summed E-state index contributed by atoms with van der Waals surface area (Å²) in [6, 6.07) is 14.0. The van der Waals surface area contributed by atoms with E-state index in [1.807, 2.05) is 0 Å². The molecule has 0 radical (unpaired) electrons. The van der Waals surface area contributed by atoms with Crippen LogP contribution in [0.1, 0.15) is 0 Å². The highest BCUT2D eigenvalue weighted by Crippen LogP contribution is 2.21. The Kier molecular flexibility index (Phi) is 6.77. The largest absolute Gasteiger partial charge is 0.324 e. The highest BCUT2D eigenvalue weighted by Gasteiger charge is 2.09. The maximum atomic E-state index is 11.8. The lowest BCUT2D eigenvalue weighted by molar-refractivity contribution is -0.114. The van der Waals surface area contributed by atoms with Gasteiger partial charge in [0, 0.05) is 0 Å². The maximum absolute atomic E-state index is 11.8.